The number of carbonyl (C=O) groups excluding carboxylic acids is 1. The molecule has 0 bridgehead atoms. The number of benzene rings is 2. The normalized spacial score (nSPS) is 13.1. The van der Waals surface area contributed by atoms with Gasteiger partial charge in [0, 0.05) is 17.7 Å². The summed E-state index contributed by atoms with van der Waals surface area (Å²) in [6.07, 6.45) is 0.608. The molecule has 6 heteroatoms. The number of methoxy groups -OCH3 is 2. The van der Waals surface area contributed by atoms with Crippen molar-refractivity contribution in [2.75, 3.05) is 26.1 Å². The van der Waals surface area contributed by atoms with Crippen molar-refractivity contribution in [1.29, 1.82) is 0 Å². The SMILES string of the molecule is COc1cc(C(=O)Nc2ccc3c(c2F)CCNC3)cc(OC)c1C. The minimum absolute atomic E-state index is 0.184. The maximum atomic E-state index is 14.7. The molecule has 0 unspecified atom stereocenters. The summed E-state index contributed by atoms with van der Waals surface area (Å²) in [7, 11) is 3.06. The van der Waals surface area contributed by atoms with Gasteiger partial charge in [0.05, 0.1) is 19.9 Å². The van der Waals surface area contributed by atoms with Crippen molar-refractivity contribution in [3.8, 4) is 11.5 Å². The van der Waals surface area contributed by atoms with E-state index >= 15 is 0 Å². The molecule has 2 N–H and O–H groups in total. The van der Waals surface area contributed by atoms with Gasteiger partial charge in [-0.05, 0) is 49.2 Å². The zero-order valence-electron chi connectivity index (χ0n) is 14.5. The van der Waals surface area contributed by atoms with E-state index in [4.69, 9.17) is 9.47 Å². The summed E-state index contributed by atoms with van der Waals surface area (Å²) in [6.45, 7) is 3.22. The number of hydrogen-bond acceptors (Lipinski definition) is 4. The van der Waals surface area contributed by atoms with Crippen LogP contribution in [0.3, 0.4) is 0 Å². The number of amides is 1. The van der Waals surface area contributed by atoms with Crippen LogP contribution >= 0.6 is 0 Å². The molecule has 1 aliphatic heterocycles. The van der Waals surface area contributed by atoms with Gasteiger partial charge in [-0.2, -0.15) is 0 Å². The Hall–Kier alpha value is -2.60. The Morgan fingerprint density at radius 3 is 2.52 bits per heavy atom. The number of anilines is 1. The third-order valence-corrected chi connectivity index (χ3v) is 4.47. The van der Waals surface area contributed by atoms with Gasteiger partial charge in [-0.15, -0.1) is 0 Å². The molecule has 0 fully saturated rings. The molecule has 1 amide bonds. The van der Waals surface area contributed by atoms with Crippen molar-refractivity contribution in [2.45, 2.75) is 19.9 Å². The second kappa shape index (κ2) is 7.11. The largest absolute Gasteiger partial charge is 0.496 e. The molecule has 0 saturated heterocycles. The first kappa shape index (κ1) is 17.2. The van der Waals surface area contributed by atoms with Gasteiger partial charge in [0.15, 0.2) is 0 Å². The van der Waals surface area contributed by atoms with Gasteiger partial charge >= 0.3 is 0 Å². The molecule has 25 heavy (non-hydrogen) atoms. The van der Waals surface area contributed by atoms with Gasteiger partial charge in [-0.3, -0.25) is 4.79 Å². The molecule has 2 aromatic carbocycles. The lowest BCUT2D eigenvalue weighted by molar-refractivity contribution is 0.102. The second-order valence-electron chi connectivity index (χ2n) is 5.95. The fraction of sp³-hybridized carbons (Fsp3) is 0.316. The number of rotatable bonds is 4. The quantitative estimate of drug-likeness (QED) is 0.895. The highest BCUT2D eigenvalue weighted by molar-refractivity contribution is 6.05. The van der Waals surface area contributed by atoms with Crippen LogP contribution in [0, 0.1) is 12.7 Å². The average molecular weight is 344 g/mol. The Balaban J connectivity index is 1.90. The summed E-state index contributed by atoms with van der Waals surface area (Å²) >= 11 is 0. The van der Waals surface area contributed by atoms with Crippen LogP contribution in [0.5, 0.6) is 11.5 Å². The van der Waals surface area contributed by atoms with Crippen LogP contribution in [-0.4, -0.2) is 26.7 Å². The molecule has 1 aliphatic rings. The lowest BCUT2D eigenvalue weighted by Gasteiger charge is -2.19. The summed E-state index contributed by atoms with van der Waals surface area (Å²) in [6, 6.07) is 6.68. The molecule has 0 radical (unpaired) electrons. The second-order valence-corrected chi connectivity index (χ2v) is 5.95. The summed E-state index contributed by atoms with van der Waals surface area (Å²) in [5.41, 5.74) is 2.92. The van der Waals surface area contributed by atoms with E-state index < -0.39 is 5.91 Å². The molecular formula is C19H21FN2O3. The molecular weight excluding hydrogens is 323 g/mol. The maximum absolute atomic E-state index is 14.7. The van der Waals surface area contributed by atoms with Crippen LogP contribution in [0.25, 0.3) is 0 Å². The Bertz CT molecular complexity index is 796. The van der Waals surface area contributed by atoms with Gasteiger partial charge in [0.2, 0.25) is 0 Å². The van der Waals surface area contributed by atoms with Crippen LogP contribution < -0.4 is 20.1 Å². The predicted molar refractivity (Wildman–Crippen MR) is 94.0 cm³/mol. The van der Waals surface area contributed by atoms with Crippen LogP contribution in [0.1, 0.15) is 27.0 Å². The molecule has 5 nitrogen and oxygen atoms in total. The number of fused-ring (bicyclic) bond motifs is 1. The lowest BCUT2D eigenvalue weighted by Crippen LogP contribution is -2.25. The molecule has 2 aromatic rings. The van der Waals surface area contributed by atoms with Crippen molar-refractivity contribution in [2.24, 2.45) is 0 Å². The summed E-state index contributed by atoms with van der Waals surface area (Å²) < 4.78 is 25.3. The molecule has 0 atom stereocenters. The minimum Gasteiger partial charge on any atom is -0.496 e. The van der Waals surface area contributed by atoms with Crippen molar-refractivity contribution in [1.82, 2.24) is 5.32 Å². The molecule has 0 saturated carbocycles. The smallest absolute Gasteiger partial charge is 0.256 e. The van der Waals surface area contributed by atoms with Gasteiger partial charge in [-0.1, -0.05) is 6.07 Å². The van der Waals surface area contributed by atoms with E-state index in [0.717, 1.165) is 17.7 Å². The van der Waals surface area contributed by atoms with Crippen LogP contribution in [0.15, 0.2) is 24.3 Å². The predicted octanol–water partition coefficient (Wildman–Crippen LogP) is 3.05. The Morgan fingerprint density at radius 2 is 1.88 bits per heavy atom. The van der Waals surface area contributed by atoms with E-state index in [1.807, 2.05) is 13.0 Å². The van der Waals surface area contributed by atoms with Crippen molar-refractivity contribution in [3.63, 3.8) is 0 Å². The highest BCUT2D eigenvalue weighted by Crippen LogP contribution is 2.30. The first-order valence-electron chi connectivity index (χ1n) is 8.10. The molecule has 1 heterocycles. The van der Waals surface area contributed by atoms with E-state index in [1.165, 1.54) is 14.2 Å². The topological polar surface area (TPSA) is 59.6 Å². The zero-order chi connectivity index (χ0) is 18.0. The van der Waals surface area contributed by atoms with E-state index in [1.54, 1.807) is 18.2 Å². The Morgan fingerprint density at radius 1 is 1.20 bits per heavy atom. The molecule has 0 aliphatic carbocycles. The third kappa shape index (κ3) is 3.30. The van der Waals surface area contributed by atoms with Gasteiger partial charge in [0.25, 0.3) is 5.91 Å². The molecule has 0 aromatic heterocycles. The van der Waals surface area contributed by atoms with E-state index in [0.29, 0.717) is 35.6 Å². The zero-order valence-corrected chi connectivity index (χ0v) is 14.5. The molecule has 132 valence electrons. The monoisotopic (exact) mass is 344 g/mol. The van der Waals surface area contributed by atoms with Crippen LogP contribution in [0.4, 0.5) is 10.1 Å². The molecule has 3 rings (SSSR count). The van der Waals surface area contributed by atoms with Crippen molar-refractivity contribution in [3.05, 3.63) is 52.3 Å². The Labute approximate surface area is 146 Å². The maximum Gasteiger partial charge on any atom is 0.256 e. The highest BCUT2D eigenvalue weighted by Gasteiger charge is 2.19. The van der Waals surface area contributed by atoms with Gasteiger partial charge < -0.3 is 20.1 Å². The average Bonchev–Trinajstić information content (AvgIpc) is 2.64. The standard InChI is InChI=1S/C19H21FN2O3/c1-11-16(24-2)8-13(9-17(11)25-3)19(23)22-15-5-4-12-10-21-7-6-14(12)18(15)20/h4-5,8-9,21H,6-7,10H2,1-3H3,(H,22,23). The van der Waals surface area contributed by atoms with Crippen LogP contribution in [0.2, 0.25) is 0 Å². The van der Waals surface area contributed by atoms with E-state index in [9.17, 15) is 9.18 Å². The fourth-order valence-electron chi connectivity index (χ4n) is 3.04. The number of nitrogens with one attached hydrogen (secondary N) is 2. The first-order valence-corrected chi connectivity index (χ1v) is 8.10. The number of carbonyl (C=O) groups is 1. The lowest BCUT2D eigenvalue weighted by atomic mass is 9.99. The van der Waals surface area contributed by atoms with E-state index in [2.05, 4.69) is 10.6 Å². The van der Waals surface area contributed by atoms with Gasteiger partial charge in [0.1, 0.15) is 17.3 Å². The fourth-order valence-corrected chi connectivity index (χ4v) is 3.04. The van der Waals surface area contributed by atoms with Crippen LogP contribution in [-0.2, 0) is 13.0 Å². The third-order valence-electron chi connectivity index (χ3n) is 4.47. The number of ether oxygens (including phenoxy) is 2. The van der Waals surface area contributed by atoms with E-state index in [-0.39, 0.29) is 11.5 Å². The summed E-state index contributed by atoms with van der Waals surface area (Å²) in [5, 5.41) is 5.86. The van der Waals surface area contributed by atoms with Crippen molar-refractivity contribution < 1.29 is 18.7 Å². The molecule has 0 spiro atoms. The minimum atomic E-state index is -0.413. The Kier molecular flexibility index (Phi) is 4.90. The summed E-state index contributed by atoms with van der Waals surface area (Å²) in [5.74, 6) is 0.311. The number of hydrogen-bond donors (Lipinski definition) is 2. The van der Waals surface area contributed by atoms with Gasteiger partial charge in [-0.25, -0.2) is 4.39 Å². The summed E-state index contributed by atoms with van der Waals surface area (Å²) in [4.78, 5) is 12.6. The van der Waals surface area contributed by atoms with Crippen molar-refractivity contribution >= 4 is 11.6 Å². The highest BCUT2D eigenvalue weighted by atomic mass is 19.1. The first-order chi connectivity index (χ1) is 12.0. The number of halogens is 1.